The van der Waals surface area contributed by atoms with Crippen LogP contribution in [0.1, 0.15) is 39.5 Å². The second-order valence-electron chi connectivity index (χ2n) is 6.07. The normalized spacial score (nSPS) is 36.4. The van der Waals surface area contributed by atoms with Gasteiger partial charge in [0.15, 0.2) is 0 Å². The Morgan fingerprint density at radius 3 is 2.88 bits per heavy atom. The molecule has 0 amide bonds. The molecule has 2 aliphatic heterocycles. The molecule has 2 rings (SSSR count). The molecule has 2 aliphatic rings. The van der Waals surface area contributed by atoms with Gasteiger partial charge in [0, 0.05) is 19.2 Å². The van der Waals surface area contributed by atoms with Gasteiger partial charge in [0.25, 0.3) is 0 Å². The van der Waals surface area contributed by atoms with Gasteiger partial charge in [-0.2, -0.15) is 0 Å². The van der Waals surface area contributed by atoms with Crippen molar-refractivity contribution in [2.75, 3.05) is 26.2 Å². The molecule has 0 bridgehead atoms. The van der Waals surface area contributed by atoms with Gasteiger partial charge in [-0.15, -0.1) is 0 Å². The van der Waals surface area contributed by atoms with Crippen LogP contribution in [0.25, 0.3) is 0 Å². The highest BCUT2D eigenvalue weighted by Gasteiger charge is 2.31. The van der Waals surface area contributed by atoms with Crippen molar-refractivity contribution in [1.82, 2.24) is 4.90 Å². The topological polar surface area (TPSA) is 38.5 Å². The van der Waals surface area contributed by atoms with Gasteiger partial charge >= 0.3 is 0 Å². The molecular formula is C14H28N2O. The minimum absolute atomic E-state index is 0.465. The third-order valence-corrected chi connectivity index (χ3v) is 4.43. The fourth-order valence-corrected chi connectivity index (χ4v) is 3.23. The van der Waals surface area contributed by atoms with Crippen LogP contribution in [0.5, 0.6) is 0 Å². The van der Waals surface area contributed by atoms with Crippen LogP contribution in [0.4, 0.5) is 0 Å². The summed E-state index contributed by atoms with van der Waals surface area (Å²) in [5, 5.41) is 0. The minimum Gasteiger partial charge on any atom is -0.378 e. The van der Waals surface area contributed by atoms with Crippen molar-refractivity contribution >= 4 is 0 Å². The van der Waals surface area contributed by atoms with Gasteiger partial charge in [0.1, 0.15) is 0 Å². The maximum absolute atomic E-state index is 5.86. The lowest BCUT2D eigenvalue weighted by Crippen LogP contribution is -2.48. The summed E-state index contributed by atoms with van der Waals surface area (Å²) < 4.78 is 5.86. The molecule has 2 N–H and O–H groups in total. The van der Waals surface area contributed by atoms with Crippen LogP contribution in [0.3, 0.4) is 0 Å². The quantitative estimate of drug-likeness (QED) is 0.818. The summed E-state index contributed by atoms with van der Waals surface area (Å²) in [7, 11) is 0. The molecule has 3 atom stereocenters. The number of rotatable bonds is 3. The zero-order valence-corrected chi connectivity index (χ0v) is 11.4. The van der Waals surface area contributed by atoms with Crippen molar-refractivity contribution in [3.8, 4) is 0 Å². The summed E-state index contributed by atoms with van der Waals surface area (Å²) in [6, 6.07) is 0.741. The summed E-state index contributed by atoms with van der Waals surface area (Å²) >= 11 is 0. The van der Waals surface area contributed by atoms with Crippen LogP contribution in [0, 0.1) is 11.8 Å². The van der Waals surface area contributed by atoms with Gasteiger partial charge in [-0.05, 0) is 50.6 Å². The maximum Gasteiger partial charge on any atom is 0.0612 e. The predicted molar refractivity (Wildman–Crippen MR) is 71.0 cm³/mol. The Hall–Kier alpha value is -0.120. The second kappa shape index (κ2) is 6.17. The van der Waals surface area contributed by atoms with E-state index in [1.807, 2.05) is 0 Å². The Morgan fingerprint density at radius 2 is 2.18 bits per heavy atom. The van der Waals surface area contributed by atoms with Crippen molar-refractivity contribution in [1.29, 1.82) is 0 Å². The van der Waals surface area contributed by atoms with Crippen LogP contribution in [-0.2, 0) is 4.74 Å². The lowest BCUT2D eigenvalue weighted by molar-refractivity contribution is -0.0545. The van der Waals surface area contributed by atoms with Crippen molar-refractivity contribution in [3.05, 3.63) is 0 Å². The van der Waals surface area contributed by atoms with Gasteiger partial charge in [0.05, 0.1) is 6.10 Å². The summed E-state index contributed by atoms with van der Waals surface area (Å²) in [4.78, 5) is 2.68. The predicted octanol–water partition coefficient (Wildman–Crippen LogP) is 1.86. The number of hydrogen-bond acceptors (Lipinski definition) is 3. The highest BCUT2D eigenvalue weighted by Crippen LogP contribution is 2.27. The van der Waals surface area contributed by atoms with E-state index in [0.29, 0.717) is 12.0 Å². The summed E-state index contributed by atoms with van der Waals surface area (Å²) in [5.41, 5.74) is 5.82. The van der Waals surface area contributed by atoms with E-state index in [9.17, 15) is 0 Å². The molecule has 0 aromatic heterocycles. The van der Waals surface area contributed by atoms with Crippen LogP contribution in [0.15, 0.2) is 0 Å². The molecule has 2 heterocycles. The van der Waals surface area contributed by atoms with Crippen molar-refractivity contribution in [3.63, 3.8) is 0 Å². The summed E-state index contributed by atoms with van der Waals surface area (Å²) in [6.07, 6.45) is 5.54. The first-order valence-corrected chi connectivity index (χ1v) is 7.26. The van der Waals surface area contributed by atoms with E-state index in [4.69, 9.17) is 10.5 Å². The largest absolute Gasteiger partial charge is 0.378 e. The fraction of sp³-hybridized carbons (Fsp3) is 1.00. The van der Waals surface area contributed by atoms with Gasteiger partial charge in [-0.1, -0.05) is 13.8 Å². The lowest BCUT2D eigenvalue weighted by atomic mass is 9.91. The van der Waals surface area contributed by atoms with E-state index in [1.54, 1.807) is 0 Å². The molecule has 0 aliphatic carbocycles. The molecule has 3 nitrogen and oxygen atoms in total. The molecule has 3 unspecified atom stereocenters. The first-order chi connectivity index (χ1) is 8.20. The SMILES string of the molecule is CC(C)C1CC(N2CCCC(CN)C2)CCO1. The average molecular weight is 240 g/mol. The molecule has 17 heavy (non-hydrogen) atoms. The molecule has 0 radical (unpaired) electrons. The second-order valence-corrected chi connectivity index (χ2v) is 6.07. The first kappa shape index (κ1) is 13.3. The van der Waals surface area contributed by atoms with Gasteiger partial charge in [0.2, 0.25) is 0 Å². The van der Waals surface area contributed by atoms with E-state index in [1.165, 1.54) is 38.8 Å². The van der Waals surface area contributed by atoms with Gasteiger partial charge in [-0.3, -0.25) is 4.90 Å². The van der Waals surface area contributed by atoms with Crippen molar-refractivity contribution in [2.45, 2.75) is 51.7 Å². The molecule has 100 valence electrons. The molecule has 3 heteroatoms. The Bertz CT molecular complexity index is 232. The zero-order chi connectivity index (χ0) is 12.3. The fourth-order valence-electron chi connectivity index (χ4n) is 3.23. The highest BCUT2D eigenvalue weighted by molar-refractivity contribution is 4.84. The molecule has 2 saturated heterocycles. The van der Waals surface area contributed by atoms with Crippen molar-refractivity contribution in [2.24, 2.45) is 17.6 Å². The van der Waals surface area contributed by atoms with E-state index >= 15 is 0 Å². The molecule has 2 fully saturated rings. The molecular weight excluding hydrogens is 212 g/mol. The summed E-state index contributed by atoms with van der Waals surface area (Å²) in [6.45, 7) is 8.82. The summed E-state index contributed by atoms with van der Waals surface area (Å²) in [5.74, 6) is 1.37. The van der Waals surface area contributed by atoms with E-state index < -0.39 is 0 Å². The number of likely N-dealkylation sites (tertiary alicyclic amines) is 1. The Balaban J connectivity index is 1.88. The Kier molecular flexibility index (Phi) is 4.83. The zero-order valence-electron chi connectivity index (χ0n) is 11.4. The van der Waals surface area contributed by atoms with Crippen LogP contribution < -0.4 is 5.73 Å². The number of nitrogens with two attached hydrogens (primary N) is 1. The third-order valence-electron chi connectivity index (χ3n) is 4.43. The lowest BCUT2D eigenvalue weighted by Gasteiger charge is -2.42. The van der Waals surface area contributed by atoms with Crippen molar-refractivity contribution < 1.29 is 4.74 Å². The van der Waals surface area contributed by atoms with E-state index in [2.05, 4.69) is 18.7 Å². The standard InChI is InChI=1S/C14H28N2O/c1-11(2)14-8-13(5-7-17-14)16-6-3-4-12(9-15)10-16/h11-14H,3-10,15H2,1-2H3. The van der Waals surface area contributed by atoms with Gasteiger partial charge in [-0.25, -0.2) is 0 Å². The Morgan fingerprint density at radius 1 is 1.35 bits per heavy atom. The van der Waals surface area contributed by atoms with Crippen LogP contribution in [0.2, 0.25) is 0 Å². The molecule has 0 spiro atoms. The first-order valence-electron chi connectivity index (χ1n) is 7.26. The third kappa shape index (κ3) is 3.43. The molecule has 0 saturated carbocycles. The highest BCUT2D eigenvalue weighted by atomic mass is 16.5. The van der Waals surface area contributed by atoms with Crippen LogP contribution >= 0.6 is 0 Å². The van der Waals surface area contributed by atoms with Crippen LogP contribution in [-0.4, -0.2) is 43.3 Å². The molecule has 0 aromatic carbocycles. The number of hydrogen-bond donors (Lipinski definition) is 1. The van der Waals surface area contributed by atoms with Gasteiger partial charge < -0.3 is 10.5 Å². The average Bonchev–Trinajstić information content (AvgIpc) is 2.39. The Labute approximate surface area is 106 Å². The number of piperidine rings is 1. The molecule has 0 aromatic rings. The smallest absolute Gasteiger partial charge is 0.0612 e. The number of nitrogens with zero attached hydrogens (tertiary/aromatic N) is 1. The maximum atomic E-state index is 5.86. The monoisotopic (exact) mass is 240 g/mol. The minimum atomic E-state index is 0.465. The number of ether oxygens (including phenoxy) is 1. The van der Waals surface area contributed by atoms with E-state index in [-0.39, 0.29) is 0 Å². The van der Waals surface area contributed by atoms with E-state index in [0.717, 1.165) is 25.1 Å².